The number of aliphatic hydroxyl groups is 1. The molecule has 0 radical (unpaired) electrons. The Hall–Kier alpha value is -4.80. The number of rotatable bonds is 77. The molecule has 0 rings (SSSR count). The Morgan fingerprint density at radius 1 is 0.264 bits per heavy atom. The molecule has 0 amide bonds. The molecule has 0 heterocycles. The fourth-order valence-electron chi connectivity index (χ4n) is 10.8. The van der Waals surface area contributed by atoms with E-state index in [-0.39, 0.29) is 25.7 Å². The van der Waals surface area contributed by atoms with Crippen molar-refractivity contribution in [1.82, 2.24) is 0 Å². The van der Waals surface area contributed by atoms with Gasteiger partial charge in [-0.2, -0.15) is 0 Å². The lowest BCUT2D eigenvalue weighted by atomic mass is 10.0. The zero-order chi connectivity index (χ0) is 77.4. The van der Waals surface area contributed by atoms with E-state index < -0.39 is 97.5 Å². The minimum atomic E-state index is -5.02. The van der Waals surface area contributed by atoms with Crippen molar-refractivity contribution in [2.45, 2.75) is 354 Å². The van der Waals surface area contributed by atoms with Crippen molar-refractivity contribution in [2.24, 2.45) is 0 Å². The third-order valence-electron chi connectivity index (χ3n) is 17.1. The first kappa shape index (κ1) is 101. The zero-order valence-electron chi connectivity index (χ0n) is 66.6. The van der Waals surface area contributed by atoms with Crippen LogP contribution in [-0.2, 0) is 65.4 Å². The highest BCUT2D eigenvalue weighted by Gasteiger charge is 2.30. The minimum Gasteiger partial charge on any atom is -0.462 e. The number of ether oxygens (including phenoxy) is 4. The van der Waals surface area contributed by atoms with Gasteiger partial charge in [0.15, 0.2) is 12.2 Å². The minimum absolute atomic E-state index is 0.0195. The molecular formula is C87H148O17P2. The van der Waals surface area contributed by atoms with Crippen molar-refractivity contribution in [3.63, 3.8) is 0 Å². The molecule has 2 unspecified atom stereocenters. The molecule has 0 aliphatic rings. The lowest BCUT2D eigenvalue weighted by Gasteiger charge is -2.21. The first-order chi connectivity index (χ1) is 51.7. The summed E-state index contributed by atoms with van der Waals surface area (Å²) in [5.41, 5.74) is 0. The summed E-state index contributed by atoms with van der Waals surface area (Å²) in [6.07, 6.45) is 88.8. The molecule has 5 atom stereocenters. The number of allylic oxidation sites excluding steroid dienone is 22. The van der Waals surface area contributed by atoms with Crippen LogP contribution in [-0.4, -0.2) is 96.7 Å². The van der Waals surface area contributed by atoms with Crippen molar-refractivity contribution < 1.29 is 80.2 Å². The van der Waals surface area contributed by atoms with Gasteiger partial charge in [-0.1, -0.05) is 315 Å². The van der Waals surface area contributed by atoms with E-state index in [1.807, 2.05) is 36.5 Å². The smallest absolute Gasteiger partial charge is 0.462 e. The summed E-state index contributed by atoms with van der Waals surface area (Å²) in [4.78, 5) is 73.0. The molecule has 0 aromatic rings. The van der Waals surface area contributed by atoms with Gasteiger partial charge in [0.1, 0.15) is 19.3 Å². The van der Waals surface area contributed by atoms with Crippen LogP contribution in [0.15, 0.2) is 134 Å². The molecule has 106 heavy (non-hydrogen) atoms. The van der Waals surface area contributed by atoms with Gasteiger partial charge < -0.3 is 33.8 Å². The summed E-state index contributed by atoms with van der Waals surface area (Å²) in [6.45, 7) is 4.66. The highest BCUT2D eigenvalue weighted by atomic mass is 31.2. The predicted molar refractivity (Wildman–Crippen MR) is 436 cm³/mol. The van der Waals surface area contributed by atoms with Crippen molar-refractivity contribution in [2.75, 3.05) is 39.6 Å². The second kappa shape index (κ2) is 78.3. The fourth-order valence-corrected chi connectivity index (χ4v) is 12.3. The van der Waals surface area contributed by atoms with E-state index in [9.17, 15) is 43.2 Å². The van der Waals surface area contributed by atoms with Crippen LogP contribution in [0.3, 0.4) is 0 Å². The molecule has 0 aromatic carbocycles. The third kappa shape index (κ3) is 77.4. The maximum atomic E-state index is 13.1. The Labute approximate surface area is 644 Å². The second-order valence-corrected chi connectivity index (χ2v) is 30.3. The molecular weight excluding hydrogens is 1380 g/mol. The Bertz CT molecular complexity index is 2530. The van der Waals surface area contributed by atoms with E-state index in [4.69, 9.17) is 37.0 Å². The molecule has 3 N–H and O–H groups in total. The lowest BCUT2D eigenvalue weighted by Crippen LogP contribution is -2.30. The number of aliphatic hydroxyl groups excluding tert-OH is 1. The summed E-state index contributed by atoms with van der Waals surface area (Å²) in [6, 6.07) is 0. The number of phosphoric acid groups is 2. The average molecular weight is 1530 g/mol. The molecule has 0 spiro atoms. The van der Waals surface area contributed by atoms with Gasteiger partial charge in [0.2, 0.25) is 0 Å². The van der Waals surface area contributed by atoms with Gasteiger partial charge in [0.05, 0.1) is 26.4 Å². The summed E-state index contributed by atoms with van der Waals surface area (Å²) >= 11 is 0. The Kier molecular flexibility index (Phi) is 74.8. The maximum absolute atomic E-state index is 13.1. The molecule has 0 saturated heterocycles. The normalized spacial score (nSPS) is 14.5. The quantitative estimate of drug-likeness (QED) is 0.0169. The van der Waals surface area contributed by atoms with Crippen molar-refractivity contribution in [3.05, 3.63) is 134 Å². The van der Waals surface area contributed by atoms with Gasteiger partial charge in [-0.05, 0) is 128 Å². The molecule has 0 aliphatic heterocycles. The van der Waals surface area contributed by atoms with Crippen LogP contribution in [0.25, 0.3) is 0 Å². The van der Waals surface area contributed by atoms with Crippen LogP contribution < -0.4 is 0 Å². The van der Waals surface area contributed by atoms with Crippen molar-refractivity contribution in [3.8, 4) is 0 Å². The van der Waals surface area contributed by atoms with Gasteiger partial charge in [0.25, 0.3) is 0 Å². The molecule has 0 aliphatic carbocycles. The standard InChI is InChI=1S/C87H148O17P2/c1-5-9-13-17-21-25-29-33-36-38-40-42-45-49-52-56-60-64-68-72-85(90)98-78-83(104-87(92)74-70-66-62-58-54-50-46-43-41-39-37-34-30-26-22-18-14-10-6-2)80-102-106(95,96)100-76-81(88)75-99-105(93,94)101-79-82(103-86(91)73-69-65-61-57-53-47-32-28-24-20-16-12-8-4)77-97-84(89)71-67-63-59-55-51-48-44-35-31-27-23-19-15-11-7-3/h21-22,25-26,33-37,40-44,49-50,52,54,60,62,64,66,81-83,88H,5-20,23-24,27-32,38-39,45-48,51,53,55-59,61,63,65,67-80H2,1-4H3,(H,93,94)(H,95,96)/b25-21-,26-22-,36-33-,37-34-,42-40-,43-41-,44-35-,52-49-,54-50-,64-60-,66-62-/t81-,82+,83+/m0/s1. The summed E-state index contributed by atoms with van der Waals surface area (Å²) in [5.74, 6) is -2.37. The van der Waals surface area contributed by atoms with Crippen LogP contribution in [0.4, 0.5) is 0 Å². The monoisotopic (exact) mass is 1530 g/mol. The van der Waals surface area contributed by atoms with Crippen molar-refractivity contribution in [1.29, 1.82) is 0 Å². The number of unbranched alkanes of at least 4 members (excludes halogenated alkanes) is 29. The van der Waals surface area contributed by atoms with E-state index >= 15 is 0 Å². The second-order valence-electron chi connectivity index (χ2n) is 27.4. The highest BCUT2D eigenvalue weighted by molar-refractivity contribution is 7.47. The van der Waals surface area contributed by atoms with Crippen LogP contribution >= 0.6 is 15.6 Å². The number of phosphoric ester groups is 2. The lowest BCUT2D eigenvalue weighted by molar-refractivity contribution is -0.161. The topological polar surface area (TPSA) is 237 Å². The number of esters is 4. The molecule has 608 valence electrons. The molecule has 17 nitrogen and oxygen atoms in total. The van der Waals surface area contributed by atoms with Gasteiger partial charge in [-0.15, -0.1) is 0 Å². The molecule has 0 fully saturated rings. The Balaban J connectivity index is 5.50. The van der Waals surface area contributed by atoms with Gasteiger partial charge in [-0.3, -0.25) is 37.3 Å². The van der Waals surface area contributed by atoms with Gasteiger partial charge in [0, 0.05) is 25.7 Å². The zero-order valence-corrected chi connectivity index (χ0v) is 68.4. The van der Waals surface area contributed by atoms with Crippen LogP contribution in [0.1, 0.15) is 336 Å². The van der Waals surface area contributed by atoms with Crippen molar-refractivity contribution >= 4 is 39.5 Å². The van der Waals surface area contributed by atoms with Crippen LogP contribution in [0.5, 0.6) is 0 Å². The Morgan fingerprint density at radius 3 is 0.811 bits per heavy atom. The SMILES string of the molecule is CCCCC/C=C\C/C=C\C/C=C\C/C=C\C/C=C\CCC(=O)OC[C@H](COP(=O)(O)OC[C@@H](O)COP(=O)(O)OC[C@@H](COC(=O)CCCCCCC/C=C\CCCCCCCC)OC(=O)CCCCCCCCCCCCCCC)OC(=O)CC/C=C\C/C=C\C/C=C\C/C=C\C/C=C\CCCCC. The number of hydrogen-bond donors (Lipinski definition) is 3. The molecule has 19 heteroatoms. The van der Waals surface area contributed by atoms with Crippen LogP contribution in [0.2, 0.25) is 0 Å². The number of carbonyl (C=O) groups excluding carboxylic acids is 4. The number of hydrogen-bond acceptors (Lipinski definition) is 15. The van der Waals surface area contributed by atoms with E-state index in [0.717, 1.165) is 116 Å². The van der Waals surface area contributed by atoms with E-state index in [1.54, 1.807) is 0 Å². The average Bonchev–Trinajstić information content (AvgIpc) is 0.903. The summed E-state index contributed by atoms with van der Waals surface area (Å²) < 4.78 is 68.5. The largest absolute Gasteiger partial charge is 0.472 e. The number of carbonyl (C=O) groups is 4. The maximum Gasteiger partial charge on any atom is 0.472 e. The summed E-state index contributed by atoms with van der Waals surface area (Å²) in [5, 5.41) is 10.6. The van der Waals surface area contributed by atoms with E-state index in [1.165, 1.54) is 128 Å². The third-order valence-corrected chi connectivity index (χ3v) is 19.0. The summed E-state index contributed by atoms with van der Waals surface area (Å²) in [7, 11) is -10.0. The molecule has 0 bridgehead atoms. The van der Waals surface area contributed by atoms with Gasteiger partial charge in [-0.25, -0.2) is 9.13 Å². The molecule has 0 saturated carbocycles. The highest BCUT2D eigenvalue weighted by Crippen LogP contribution is 2.45. The Morgan fingerprint density at radius 2 is 0.481 bits per heavy atom. The fraction of sp³-hybridized carbons (Fsp3) is 0.701. The van der Waals surface area contributed by atoms with E-state index in [2.05, 4.69) is 125 Å². The first-order valence-electron chi connectivity index (χ1n) is 41.4. The van der Waals surface area contributed by atoms with E-state index in [0.29, 0.717) is 38.5 Å². The first-order valence-corrected chi connectivity index (χ1v) is 44.4. The predicted octanol–water partition coefficient (Wildman–Crippen LogP) is 24.4. The van der Waals surface area contributed by atoms with Crippen LogP contribution in [0, 0.1) is 0 Å². The molecule has 0 aromatic heterocycles. The van der Waals surface area contributed by atoms with Gasteiger partial charge >= 0.3 is 39.5 Å².